The molecule has 0 saturated heterocycles. The minimum Gasteiger partial charge on any atom is -0.494 e. The number of allylic oxidation sites excluding steroid dienone is 1. The summed E-state index contributed by atoms with van der Waals surface area (Å²) >= 11 is 0. The molecule has 0 saturated carbocycles. The monoisotopic (exact) mass is 422 g/mol. The minimum absolute atomic E-state index is 0.0827. The van der Waals surface area contributed by atoms with E-state index >= 15 is 0 Å². The van der Waals surface area contributed by atoms with E-state index in [2.05, 4.69) is 41.4 Å². The van der Waals surface area contributed by atoms with Crippen molar-refractivity contribution in [2.24, 2.45) is 5.73 Å². The van der Waals surface area contributed by atoms with Crippen LogP contribution in [0, 0.1) is 11.3 Å². The Morgan fingerprint density at radius 3 is 2.66 bits per heavy atom. The number of aromatic amines is 1. The number of hydrogen-bond acceptors (Lipinski definition) is 5. The number of nitrogens with one attached hydrogen (secondary N) is 1. The van der Waals surface area contributed by atoms with Gasteiger partial charge in [0.1, 0.15) is 17.4 Å². The summed E-state index contributed by atoms with van der Waals surface area (Å²) in [4.78, 5) is 0. The van der Waals surface area contributed by atoms with Crippen LogP contribution in [0.5, 0.6) is 11.6 Å². The van der Waals surface area contributed by atoms with Crippen molar-refractivity contribution in [3.05, 3.63) is 89.3 Å². The maximum absolute atomic E-state index is 9.99. The lowest BCUT2D eigenvalue weighted by molar-refractivity contribution is 0.317. The molecular formula is C26H22N4O2. The fraction of sp³-hybridized carbons (Fsp3) is 0.154. The van der Waals surface area contributed by atoms with E-state index in [1.807, 2.05) is 48.5 Å². The van der Waals surface area contributed by atoms with Crippen LogP contribution in [-0.2, 0) is 0 Å². The Balaban J connectivity index is 1.68. The smallest absolute Gasteiger partial charge is 0.244 e. The average Bonchev–Trinajstić information content (AvgIpc) is 3.25. The molecule has 0 bridgehead atoms. The summed E-state index contributed by atoms with van der Waals surface area (Å²) in [5.74, 6) is 0.882. The van der Waals surface area contributed by atoms with Gasteiger partial charge in [-0.2, -0.15) is 5.26 Å². The van der Waals surface area contributed by atoms with Crippen molar-refractivity contribution in [3.63, 3.8) is 0 Å². The van der Waals surface area contributed by atoms with Crippen LogP contribution in [0.25, 0.3) is 22.0 Å². The quantitative estimate of drug-likeness (QED) is 0.459. The molecule has 5 rings (SSSR count). The van der Waals surface area contributed by atoms with Crippen LogP contribution in [0.4, 0.5) is 0 Å². The lowest BCUT2D eigenvalue weighted by atomic mass is 9.81. The fourth-order valence-electron chi connectivity index (χ4n) is 4.22. The van der Waals surface area contributed by atoms with E-state index in [-0.39, 0.29) is 5.88 Å². The second kappa shape index (κ2) is 8.12. The molecule has 0 fully saturated rings. The Bertz CT molecular complexity index is 1360. The van der Waals surface area contributed by atoms with Crippen LogP contribution < -0.4 is 15.2 Å². The van der Waals surface area contributed by atoms with Gasteiger partial charge in [-0.1, -0.05) is 49.4 Å². The number of ether oxygens (including phenoxy) is 2. The molecule has 0 aliphatic carbocycles. The zero-order valence-corrected chi connectivity index (χ0v) is 17.6. The summed E-state index contributed by atoms with van der Waals surface area (Å²) in [6.07, 6.45) is 0.949. The van der Waals surface area contributed by atoms with Crippen molar-refractivity contribution >= 4 is 10.8 Å². The first-order valence-electron chi connectivity index (χ1n) is 10.6. The molecular weight excluding hydrogens is 400 g/mol. The second-order valence-corrected chi connectivity index (χ2v) is 7.68. The highest BCUT2D eigenvalue weighted by atomic mass is 16.5. The molecule has 0 spiro atoms. The van der Waals surface area contributed by atoms with Gasteiger partial charge in [-0.25, -0.2) is 0 Å². The van der Waals surface area contributed by atoms with E-state index < -0.39 is 5.92 Å². The van der Waals surface area contributed by atoms with E-state index in [0.29, 0.717) is 18.1 Å². The highest BCUT2D eigenvalue weighted by Gasteiger charge is 2.36. The third-order valence-corrected chi connectivity index (χ3v) is 5.69. The van der Waals surface area contributed by atoms with Crippen molar-refractivity contribution in [2.45, 2.75) is 19.3 Å². The molecule has 3 N–H and O–H groups in total. The Hall–Kier alpha value is -4.24. The SMILES string of the molecule is CCCOc1ccc(-c2[nH]nc3c2[C@H](c2cccc4ccccc24)C(C#N)=C(N)O3)cc1. The first-order chi connectivity index (χ1) is 15.7. The number of H-pyrrole nitrogens is 1. The number of hydrogen-bond donors (Lipinski definition) is 2. The first-order valence-corrected chi connectivity index (χ1v) is 10.6. The molecule has 0 amide bonds. The van der Waals surface area contributed by atoms with Gasteiger partial charge in [0.25, 0.3) is 0 Å². The van der Waals surface area contributed by atoms with Crippen LogP contribution in [0.2, 0.25) is 0 Å². The van der Waals surface area contributed by atoms with Gasteiger partial charge >= 0.3 is 0 Å². The lowest BCUT2D eigenvalue weighted by Crippen LogP contribution is -2.21. The minimum atomic E-state index is -0.403. The molecule has 1 atom stereocenters. The Morgan fingerprint density at radius 2 is 1.88 bits per heavy atom. The molecule has 1 aromatic heterocycles. The van der Waals surface area contributed by atoms with Crippen LogP contribution in [0.1, 0.15) is 30.4 Å². The van der Waals surface area contributed by atoms with Gasteiger partial charge in [-0.3, -0.25) is 5.10 Å². The number of fused-ring (bicyclic) bond motifs is 2. The van der Waals surface area contributed by atoms with Crippen molar-refractivity contribution in [1.82, 2.24) is 10.2 Å². The number of nitriles is 1. The Labute approximate surface area is 185 Å². The van der Waals surface area contributed by atoms with Gasteiger partial charge in [-0.05, 0) is 47.0 Å². The maximum Gasteiger partial charge on any atom is 0.244 e. The molecule has 158 valence electrons. The van der Waals surface area contributed by atoms with E-state index in [1.54, 1.807) is 0 Å². The normalized spacial score (nSPS) is 15.2. The van der Waals surface area contributed by atoms with Crippen LogP contribution in [0.3, 0.4) is 0 Å². The predicted octanol–water partition coefficient (Wildman–Crippen LogP) is 5.24. The average molecular weight is 422 g/mol. The summed E-state index contributed by atoms with van der Waals surface area (Å²) in [5, 5.41) is 19.6. The molecule has 0 unspecified atom stereocenters. The second-order valence-electron chi connectivity index (χ2n) is 7.68. The van der Waals surface area contributed by atoms with E-state index in [9.17, 15) is 5.26 Å². The van der Waals surface area contributed by atoms with E-state index in [0.717, 1.165) is 45.3 Å². The molecule has 3 aromatic carbocycles. The van der Waals surface area contributed by atoms with Crippen LogP contribution in [0.15, 0.2) is 78.2 Å². The van der Waals surface area contributed by atoms with Gasteiger partial charge in [0.05, 0.1) is 23.8 Å². The fourth-order valence-corrected chi connectivity index (χ4v) is 4.22. The largest absolute Gasteiger partial charge is 0.494 e. The molecule has 4 aromatic rings. The summed E-state index contributed by atoms with van der Waals surface area (Å²) in [5.41, 5.74) is 10.0. The van der Waals surface area contributed by atoms with E-state index in [1.165, 1.54) is 0 Å². The molecule has 1 aliphatic rings. The zero-order valence-electron chi connectivity index (χ0n) is 17.6. The van der Waals surface area contributed by atoms with Crippen LogP contribution in [-0.4, -0.2) is 16.8 Å². The Morgan fingerprint density at radius 1 is 1.09 bits per heavy atom. The lowest BCUT2D eigenvalue weighted by Gasteiger charge is -2.25. The molecule has 2 heterocycles. The molecule has 1 aliphatic heterocycles. The van der Waals surface area contributed by atoms with E-state index in [4.69, 9.17) is 15.2 Å². The molecule has 32 heavy (non-hydrogen) atoms. The van der Waals surface area contributed by atoms with Gasteiger partial charge in [0.15, 0.2) is 0 Å². The number of nitrogens with two attached hydrogens (primary N) is 1. The number of nitrogens with zero attached hydrogens (tertiary/aromatic N) is 2. The van der Waals surface area contributed by atoms with Crippen molar-refractivity contribution in [1.29, 1.82) is 5.26 Å². The highest BCUT2D eigenvalue weighted by molar-refractivity contribution is 5.88. The topological polar surface area (TPSA) is 97.0 Å². The molecule has 6 nitrogen and oxygen atoms in total. The molecule has 0 radical (unpaired) electrons. The van der Waals surface area contributed by atoms with Gasteiger partial charge in [-0.15, -0.1) is 5.10 Å². The van der Waals surface area contributed by atoms with Crippen molar-refractivity contribution in [2.75, 3.05) is 6.61 Å². The third-order valence-electron chi connectivity index (χ3n) is 5.69. The highest BCUT2D eigenvalue weighted by Crippen LogP contribution is 2.47. The molecule has 6 heteroatoms. The summed E-state index contributed by atoms with van der Waals surface area (Å²) in [6.45, 7) is 2.75. The van der Waals surface area contributed by atoms with Gasteiger partial charge in [0, 0.05) is 5.56 Å². The summed E-state index contributed by atoms with van der Waals surface area (Å²) in [6, 6.07) is 24.3. The van der Waals surface area contributed by atoms with Gasteiger partial charge in [0.2, 0.25) is 11.8 Å². The zero-order chi connectivity index (χ0) is 22.1. The number of benzene rings is 3. The van der Waals surface area contributed by atoms with Crippen molar-refractivity contribution < 1.29 is 9.47 Å². The first kappa shape index (κ1) is 19.7. The standard InChI is InChI=1S/C26H22N4O2/c1-2-14-31-18-12-10-17(11-13-18)24-23-22(21(15-27)25(28)32-26(23)30-29-24)20-9-5-7-16-6-3-4-8-19(16)20/h3-13,22H,2,14,28H2,1H3,(H,29,30)/t22-/m1/s1. The van der Waals surface area contributed by atoms with Crippen molar-refractivity contribution in [3.8, 4) is 29.0 Å². The maximum atomic E-state index is 9.99. The number of rotatable bonds is 5. The Kier molecular flexibility index (Phi) is 5.00. The van der Waals surface area contributed by atoms with Crippen LogP contribution >= 0.6 is 0 Å². The third kappa shape index (κ3) is 3.25. The summed E-state index contributed by atoms with van der Waals surface area (Å²) in [7, 11) is 0. The predicted molar refractivity (Wildman–Crippen MR) is 123 cm³/mol. The van der Waals surface area contributed by atoms with Gasteiger partial charge < -0.3 is 15.2 Å². The summed E-state index contributed by atoms with van der Waals surface area (Å²) < 4.78 is 11.5. The number of aromatic nitrogens is 2.